The van der Waals surface area contributed by atoms with E-state index < -0.39 is 20.5 Å². The Morgan fingerprint density at radius 1 is 1.06 bits per heavy atom. The van der Waals surface area contributed by atoms with Gasteiger partial charge in [0.1, 0.15) is 11.2 Å². The van der Waals surface area contributed by atoms with Crippen molar-refractivity contribution >= 4 is 9.28 Å². The maximum Gasteiger partial charge on any atom is 0.417 e. The van der Waals surface area contributed by atoms with Crippen molar-refractivity contribution in [3.63, 3.8) is 0 Å². The molecule has 0 aromatic heterocycles. The average molecular weight is 249 g/mol. The van der Waals surface area contributed by atoms with Crippen molar-refractivity contribution in [1.29, 1.82) is 0 Å². The molecule has 0 N–H and O–H groups in total. The Kier molecular flexibility index (Phi) is 6.27. The predicted octanol–water partition coefficient (Wildman–Crippen LogP) is 2.84. The lowest BCUT2D eigenvalue weighted by Gasteiger charge is -2.28. The van der Waals surface area contributed by atoms with Gasteiger partial charge in [0, 0.05) is 0 Å². The first-order valence-corrected chi connectivity index (χ1v) is 7.03. The van der Waals surface area contributed by atoms with E-state index in [1.807, 2.05) is 39.5 Å². The van der Waals surface area contributed by atoms with E-state index in [0.29, 0.717) is 0 Å². The normalized spacial score (nSPS) is 12.7. The molecule has 0 saturated carbocycles. The number of allylic oxidation sites excluding steroid dienone is 1. The summed E-state index contributed by atoms with van der Waals surface area (Å²) in [5, 5.41) is 0. The van der Waals surface area contributed by atoms with Crippen LogP contribution in [0.2, 0.25) is 0 Å². The zero-order chi connectivity index (χ0) is 13.5. The van der Waals surface area contributed by atoms with Gasteiger partial charge in [0.05, 0.1) is 0 Å². The summed E-state index contributed by atoms with van der Waals surface area (Å²) >= 11 is 0. The molecule has 0 aromatic rings. The van der Waals surface area contributed by atoms with E-state index >= 15 is 0 Å². The minimum absolute atomic E-state index is 0.642. The lowest BCUT2D eigenvalue weighted by atomic mass is 10.2. The van der Waals surface area contributed by atoms with Gasteiger partial charge in [-0.15, -0.1) is 12.8 Å². The van der Waals surface area contributed by atoms with Crippen LogP contribution < -0.4 is 0 Å². The van der Waals surface area contributed by atoms with Gasteiger partial charge in [-0.3, -0.25) is 0 Å². The van der Waals surface area contributed by atoms with Crippen LogP contribution in [0.15, 0.2) is 11.8 Å². The highest BCUT2D eigenvalue weighted by Crippen LogP contribution is 2.16. The molecule has 0 aromatic carbocycles. The summed E-state index contributed by atoms with van der Waals surface area (Å²) in [6, 6.07) is 0. The predicted molar refractivity (Wildman–Crippen MR) is 73.2 cm³/mol. The van der Waals surface area contributed by atoms with E-state index in [2.05, 4.69) is 18.8 Å². The summed E-state index contributed by atoms with van der Waals surface area (Å²) in [5.41, 5.74) is 0.650. The Morgan fingerprint density at radius 2 is 1.47 bits per heavy atom. The summed E-state index contributed by atoms with van der Waals surface area (Å²) in [4.78, 5) is 0. The van der Waals surface area contributed by atoms with Gasteiger partial charge < -0.3 is 8.85 Å². The molecular weight excluding hydrogens is 228 g/mol. The third-order valence-corrected chi connectivity index (χ3v) is 3.83. The summed E-state index contributed by atoms with van der Waals surface area (Å²) in [6.07, 6.45) is 13.7. The highest BCUT2D eigenvalue weighted by Gasteiger charge is 2.28. The maximum absolute atomic E-state index is 5.79. The fourth-order valence-corrected chi connectivity index (χ4v) is 2.59. The minimum Gasteiger partial charge on any atom is -0.374 e. The number of rotatable bonds is 6. The third kappa shape index (κ3) is 7.02. The fourth-order valence-electron chi connectivity index (χ4n) is 0.865. The SMILES string of the molecule is C#CC(C)(C)O[Si](C=CCC)OC(C)(C)C#C. The second-order valence-corrected chi connectivity index (χ2v) is 6.02. The van der Waals surface area contributed by atoms with Crippen LogP contribution in [0.5, 0.6) is 0 Å². The van der Waals surface area contributed by atoms with Crippen LogP contribution in [-0.4, -0.2) is 20.5 Å². The Balaban J connectivity index is 4.75. The highest BCUT2D eigenvalue weighted by molar-refractivity contribution is 6.51. The van der Waals surface area contributed by atoms with Crippen LogP contribution in [-0.2, 0) is 8.85 Å². The molecule has 0 fully saturated rings. The molecule has 0 atom stereocenters. The summed E-state index contributed by atoms with van der Waals surface area (Å²) in [7, 11) is -1.61. The lowest BCUT2D eigenvalue weighted by molar-refractivity contribution is 0.0757. The standard InChI is InChI=1S/C14H21O2Si/c1-8-11-12-17(15-13(4,5)9-2)16-14(6,7)10-3/h2-3,11-12H,8H2,1,4-7H3. The van der Waals surface area contributed by atoms with Gasteiger partial charge in [0.2, 0.25) is 0 Å². The molecule has 0 saturated heterocycles. The molecule has 0 aliphatic rings. The van der Waals surface area contributed by atoms with Crippen LogP contribution in [0.3, 0.4) is 0 Å². The molecule has 0 aliphatic carbocycles. The van der Waals surface area contributed by atoms with Gasteiger partial charge in [-0.2, -0.15) is 0 Å². The van der Waals surface area contributed by atoms with Crippen molar-refractivity contribution in [3.05, 3.63) is 11.8 Å². The van der Waals surface area contributed by atoms with Crippen LogP contribution in [0, 0.1) is 24.7 Å². The van der Waals surface area contributed by atoms with Crippen molar-refractivity contribution in [2.75, 3.05) is 0 Å². The quantitative estimate of drug-likeness (QED) is 0.532. The van der Waals surface area contributed by atoms with Crippen LogP contribution in [0.25, 0.3) is 0 Å². The average Bonchev–Trinajstić information content (AvgIpc) is 2.25. The fraction of sp³-hybridized carbons (Fsp3) is 0.571. The second kappa shape index (κ2) is 6.66. The lowest BCUT2D eigenvalue weighted by Crippen LogP contribution is -2.39. The smallest absolute Gasteiger partial charge is 0.374 e. The molecule has 93 valence electrons. The first kappa shape index (κ1) is 16.0. The van der Waals surface area contributed by atoms with Crippen molar-refractivity contribution in [2.45, 2.75) is 52.2 Å². The van der Waals surface area contributed by atoms with E-state index in [1.165, 1.54) is 0 Å². The molecule has 1 radical (unpaired) electrons. The molecule has 0 bridgehead atoms. The van der Waals surface area contributed by atoms with Gasteiger partial charge in [-0.05, 0) is 39.8 Å². The molecule has 3 heteroatoms. The van der Waals surface area contributed by atoms with Gasteiger partial charge in [-0.25, -0.2) is 0 Å². The number of hydrogen-bond acceptors (Lipinski definition) is 2. The zero-order valence-electron chi connectivity index (χ0n) is 11.3. The van der Waals surface area contributed by atoms with Crippen LogP contribution in [0.1, 0.15) is 41.0 Å². The van der Waals surface area contributed by atoms with Crippen LogP contribution >= 0.6 is 0 Å². The zero-order valence-corrected chi connectivity index (χ0v) is 12.3. The van der Waals surface area contributed by atoms with E-state index in [9.17, 15) is 0 Å². The minimum atomic E-state index is -1.61. The van der Waals surface area contributed by atoms with E-state index in [1.54, 1.807) is 0 Å². The topological polar surface area (TPSA) is 18.5 Å². The Hall–Kier alpha value is -1.00. The molecule has 0 aliphatic heterocycles. The number of hydrogen-bond donors (Lipinski definition) is 0. The van der Waals surface area contributed by atoms with Crippen molar-refractivity contribution in [1.82, 2.24) is 0 Å². The second-order valence-electron chi connectivity index (χ2n) is 4.64. The molecule has 2 nitrogen and oxygen atoms in total. The molecule has 0 unspecified atom stereocenters. The Labute approximate surface area is 107 Å². The van der Waals surface area contributed by atoms with Gasteiger partial charge >= 0.3 is 9.28 Å². The molecule has 0 heterocycles. The molecule has 0 spiro atoms. The molecular formula is C14H21O2Si. The highest BCUT2D eigenvalue weighted by atomic mass is 28.3. The van der Waals surface area contributed by atoms with Gasteiger partial charge in [0.15, 0.2) is 0 Å². The molecule has 0 rings (SSSR count). The van der Waals surface area contributed by atoms with E-state index in [-0.39, 0.29) is 0 Å². The van der Waals surface area contributed by atoms with E-state index in [4.69, 9.17) is 21.7 Å². The summed E-state index contributed by atoms with van der Waals surface area (Å²) < 4.78 is 11.6. The van der Waals surface area contributed by atoms with Gasteiger partial charge in [0.25, 0.3) is 0 Å². The largest absolute Gasteiger partial charge is 0.417 e. The van der Waals surface area contributed by atoms with E-state index in [0.717, 1.165) is 6.42 Å². The molecule has 17 heavy (non-hydrogen) atoms. The van der Waals surface area contributed by atoms with Gasteiger partial charge in [-0.1, -0.05) is 24.8 Å². The first-order chi connectivity index (χ1) is 7.76. The summed E-state index contributed by atoms with van der Waals surface area (Å²) in [5.74, 6) is 5.18. The van der Waals surface area contributed by atoms with Crippen molar-refractivity contribution in [3.8, 4) is 24.7 Å². The Bertz CT molecular complexity index is 314. The Morgan fingerprint density at radius 3 is 1.76 bits per heavy atom. The first-order valence-electron chi connectivity index (χ1n) is 5.63. The summed E-state index contributed by atoms with van der Waals surface area (Å²) in [6.45, 7) is 9.40. The van der Waals surface area contributed by atoms with Crippen molar-refractivity contribution in [2.24, 2.45) is 0 Å². The maximum atomic E-state index is 5.79. The van der Waals surface area contributed by atoms with Crippen LogP contribution in [0.4, 0.5) is 0 Å². The monoisotopic (exact) mass is 249 g/mol. The van der Waals surface area contributed by atoms with Crippen molar-refractivity contribution < 1.29 is 8.85 Å². The number of terminal acetylenes is 2. The molecule has 0 amide bonds. The third-order valence-electron chi connectivity index (χ3n) is 1.90.